The number of benzene rings is 1. The molecule has 1 atom stereocenters. The lowest BCUT2D eigenvalue weighted by Gasteiger charge is -2.16. The van der Waals surface area contributed by atoms with Crippen molar-refractivity contribution in [3.8, 4) is 0 Å². The lowest BCUT2D eigenvalue weighted by atomic mass is 10.3. The van der Waals surface area contributed by atoms with Crippen LogP contribution in [0.3, 0.4) is 0 Å². The Bertz CT molecular complexity index is 622. The van der Waals surface area contributed by atoms with Crippen molar-refractivity contribution in [1.82, 2.24) is 9.55 Å². The molecule has 0 aliphatic rings. The first-order chi connectivity index (χ1) is 8.40. The summed E-state index contributed by atoms with van der Waals surface area (Å²) in [6.45, 7) is 4.98. The van der Waals surface area contributed by atoms with Crippen LogP contribution in [-0.2, 0) is 9.53 Å². The van der Waals surface area contributed by atoms with E-state index < -0.39 is 6.23 Å². The number of carbonyl (C=O) groups is 1. The van der Waals surface area contributed by atoms with Crippen LogP contribution >= 0.6 is 23.2 Å². The number of halogens is 2. The number of rotatable bonds is 2. The maximum Gasteiger partial charge on any atom is 0.304 e. The van der Waals surface area contributed by atoms with E-state index in [1.807, 2.05) is 6.92 Å². The minimum absolute atomic E-state index is 0.344. The second-order valence-electron chi connectivity index (χ2n) is 3.99. The monoisotopic (exact) mass is 286 g/mol. The van der Waals surface area contributed by atoms with Crippen molar-refractivity contribution in [2.45, 2.75) is 27.0 Å². The van der Waals surface area contributed by atoms with Gasteiger partial charge in [-0.1, -0.05) is 23.2 Å². The Morgan fingerprint density at radius 1 is 1.39 bits per heavy atom. The molecule has 2 aromatic rings. The van der Waals surface area contributed by atoms with Gasteiger partial charge >= 0.3 is 5.97 Å². The predicted molar refractivity (Wildman–Crippen MR) is 71.0 cm³/mol. The minimum Gasteiger partial charge on any atom is -0.442 e. The number of aryl methyl sites for hydroxylation is 1. The number of hydrogen-bond donors (Lipinski definition) is 0. The fourth-order valence-corrected chi connectivity index (χ4v) is 2.28. The first-order valence-corrected chi connectivity index (χ1v) is 6.16. The van der Waals surface area contributed by atoms with Gasteiger partial charge in [0.25, 0.3) is 0 Å². The fraction of sp³-hybridized carbons (Fsp3) is 0.333. The smallest absolute Gasteiger partial charge is 0.304 e. The predicted octanol–water partition coefficient (Wildman–Crippen LogP) is 3.73. The number of esters is 1. The van der Waals surface area contributed by atoms with Crippen LogP contribution in [0.5, 0.6) is 0 Å². The zero-order valence-corrected chi connectivity index (χ0v) is 11.7. The maximum atomic E-state index is 11.0. The van der Waals surface area contributed by atoms with Crippen LogP contribution in [0.4, 0.5) is 0 Å². The quantitative estimate of drug-likeness (QED) is 0.790. The molecule has 2 rings (SSSR count). The van der Waals surface area contributed by atoms with E-state index in [0.717, 1.165) is 16.9 Å². The molecule has 6 heteroatoms. The molecule has 0 amide bonds. The Hall–Kier alpha value is -1.26. The van der Waals surface area contributed by atoms with Crippen molar-refractivity contribution in [2.24, 2.45) is 0 Å². The molecule has 18 heavy (non-hydrogen) atoms. The van der Waals surface area contributed by atoms with Gasteiger partial charge in [-0.3, -0.25) is 9.36 Å². The molecular weight excluding hydrogens is 275 g/mol. The molecule has 0 aliphatic heterocycles. The summed E-state index contributed by atoms with van der Waals surface area (Å²) < 4.78 is 6.97. The summed E-state index contributed by atoms with van der Waals surface area (Å²) in [5.41, 5.74) is 1.51. The molecule has 96 valence electrons. The number of aromatic nitrogens is 2. The van der Waals surface area contributed by atoms with Crippen molar-refractivity contribution in [3.05, 3.63) is 28.0 Å². The molecule has 0 N–H and O–H groups in total. The van der Waals surface area contributed by atoms with E-state index in [1.165, 1.54) is 6.92 Å². The molecule has 1 aromatic heterocycles. The lowest BCUT2D eigenvalue weighted by molar-refractivity contribution is -0.149. The van der Waals surface area contributed by atoms with Crippen LogP contribution in [0.1, 0.15) is 25.9 Å². The standard InChI is InChI=1S/C12H12Cl2N2O2/c1-6-15-11-4-9(13)10(14)5-12(11)16(6)7(2)18-8(3)17/h4-5,7H,1-3H3. The average molecular weight is 287 g/mol. The number of fused-ring (bicyclic) bond motifs is 1. The molecule has 0 spiro atoms. The Labute approximate surface area is 114 Å². The minimum atomic E-state index is -0.440. The van der Waals surface area contributed by atoms with Gasteiger partial charge in [0.05, 0.1) is 21.1 Å². The third-order valence-electron chi connectivity index (χ3n) is 2.61. The molecule has 0 aliphatic carbocycles. The molecule has 0 radical (unpaired) electrons. The SMILES string of the molecule is CC(=O)OC(C)n1c(C)nc2cc(Cl)c(Cl)cc21. The summed E-state index contributed by atoms with van der Waals surface area (Å²) >= 11 is 11.9. The molecule has 0 fully saturated rings. The Morgan fingerprint density at radius 2 is 2.00 bits per heavy atom. The molecule has 1 heterocycles. The summed E-state index contributed by atoms with van der Waals surface area (Å²) in [5, 5.41) is 0.897. The van der Waals surface area contributed by atoms with Crippen LogP contribution < -0.4 is 0 Å². The van der Waals surface area contributed by atoms with E-state index in [-0.39, 0.29) is 5.97 Å². The zero-order chi connectivity index (χ0) is 13.4. The third-order valence-corrected chi connectivity index (χ3v) is 3.33. The van der Waals surface area contributed by atoms with Gasteiger partial charge in [0.2, 0.25) is 0 Å². The molecule has 4 nitrogen and oxygen atoms in total. The molecular formula is C12H12Cl2N2O2. The summed E-state index contributed by atoms with van der Waals surface area (Å²) in [5.74, 6) is 0.390. The number of carbonyl (C=O) groups excluding carboxylic acids is 1. The van der Waals surface area contributed by atoms with Crippen molar-refractivity contribution in [3.63, 3.8) is 0 Å². The summed E-state index contributed by atoms with van der Waals surface area (Å²) in [7, 11) is 0. The van der Waals surface area contributed by atoms with Gasteiger partial charge in [-0.2, -0.15) is 0 Å². The Balaban J connectivity index is 2.59. The molecule has 0 bridgehead atoms. The Kier molecular flexibility index (Phi) is 3.50. The van der Waals surface area contributed by atoms with Gasteiger partial charge in [0.15, 0.2) is 6.23 Å². The van der Waals surface area contributed by atoms with Gasteiger partial charge in [-0.25, -0.2) is 4.98 Å². The first-order valence-electron chi connectivity index (χ1n) is 5.41. The first kappa shape index (κ1) is 13.2. The molecule has 1 unspecified atom stereocenters. The summed E-state index contributed by atoms with van der Waals surface area (Å²) in [6.07, 6.45) is -0.440. The average Bonchev–Trinajstić information content (AvgIpc) is 2.53. The Morgan fingerprint density at radius 3 is 2.61 bits per heavy atom. The molecule has 1 aromatic carbocycles. The normalized spacial score (nSPS) is 12.7. The van der Waals surface area contributed by atoms with Gasteiger partial charge in [0, 0.05) is 6.92 Å². The fourth-order valence-electron chi connectivity index (χ4n) is 1.96. The summed E-state index contributed by atoms with van der Waals surface area (Å²) in [6, 6.07) is 3.42. The topological polar surface area (TPSA) is 44.1 Å². The third kappa shape index (κ3) is 2.31. The van der Waals surface area contributed by atoms with Crippen LogP contribution in [0.15, 0.2) is 12.1 Å². The second kappa shape index (κ2) is 4.78. The number of ether oxygens (including phenoxy) is 1. The largest absolute Gasteiger partial charge is 0.442 e. The number of imidazole rings is 1. The highest BCUT2D eigenvalue weighted by Crippen LogP contribution is 2.30. The van der Waals surface area contributed by atoms with E-state index >= 15 is 0 Å². The van der Waals surface area contributed by atoms with Crippen molar-refractivity contribution in [1.29, 1.82) is 0 Å². The van der Waals surface area contributed by atoms with Gasteiger partial charge in [-0.15, -0.1) is 0 Å². The van der Waals surface area contributed by atoms with E-state index in [9.17, 15) is 4.79 Å². The van der Waals surface area contributed by atoms with Crippen molar-refractivity contribution >= 4 is 40.2 Å². The highest BCUT2D eigenvalue weighted by molar-refractivity contribution is 6.42. The molecule has 0 saturated heterocycles. The highest BCUT2D eigenvalue weighted by atomic mass is 35.5. The van der Waals surface area contributed by atoms with E-state index in [1.54, 1.807) is 23.6 Å². The van der Waals surface area contributed by atoms with Crippen LogP contribution in [-0.4, -0.2) is 15.5 Å². The second-order valence-corrected chi connectivity index (χ2v) is 4.81. The van der Waals surface area contributed by atoms with E-state index in [0.29, 0.717) is 10.0 Å². The van der Waals surface area contributed by atoms with Crippen LogP contribution in [0.25, 0.3) is 11.0 Å². The van der Waals surface area contributed by atoms with Crippen LogP contribution in [0.2, 0.25) is 10.0 Å². The van der Waals surface area contributed by atoms with E-state index in [2.05, 4.69) is 4.98 Å². The highest BCUT2D eigenvalue weighted by Gasteiger charge is 2.16. The number of hydrogen-bond acceptors (Lipinski definition) is 3. The number of nitrogens with zero attached hydrogens (tertiary/aromatic N) is 2. The maximum absolute atomic E-state index is 11.0. The van der Waals surface area contributed by atoms with Gasteiger partial charge < -0.3 is 4.74 Å². The lowest BCUT2D eigenvalue weighted by Crippen LogP contribution is -2.13. The van der Waals surface area contributed by atoms with E-state index in [4.69, 9.17) is 27.9 Å². The van der Waals surface area contributed by atoms with Crippen molar-refractivity contribution in [2.75, 3.05) is 0 Å². The molecule has 0 saturated carbocycles. The van der Waals surface area contributed by atoms with Gasteiger partial charge in [0.1, 0.15) is 5.82 Å². The zero-order valence-electron chi connectivity index (χ0n) is 10.2. The van der Waals surface area contributed by atoms with Crippen molar-refractivity contribution < 1.29 is 9.53 Å². The van der Waals surface area contributed by atoms with Crippen LogP contribution in [0, 0.1) is 6.92 Å². The summed E-state index contributed by atoms with van der Waals surface area (Å²) in [4.78, 5) is 15.4. The van der Waals surface area contributed by atoms with Gasteiger partial charge in [-0.05, 0) is 26.0 Å².